The Kier molecular flexibility index (Phi) is 3.56. The first kappa shape index (κ1) is 13.3. The van der Waals surface area contributed by atoms with E-state index in [0.717, 1.165) is 6.07 Å². The summed E-state index contributed by atoms with van der Waals surface area (Å²) in [4.78, 5) is 0. The van der Waals surface area contributed by atoms with Crippen LogP contribution < -0.4 is 0 Å². The van der Waals surface area contributed by atoms with Gasteiger partial charge < -0.3 is 4.55 Å². The normalized spacial score (nSPS) is 24.6. The van der Waals surface area contributed by atoms with Gasteiger partial charge >= 0.3 is 6.18 Å². The molecule has 17 heavy (non-hydrogen) atoms. The van der Waals surface area contributed by atoms with Crippen molar-refractivity contribution in [2.75, 3.05) is 5.75 Å². The highest BCUT2D eigenvalue weighted by Crippen LogP contribution is 2.43. The Morgan fingerprint density at radius 3 is 2.35 bits per heavy atom. The molecule has 2 atom stereocenters. The van der Waals surface area contributed by atoms with Crippen molar-refractivity contribution in [3.63, 3.8) is 0 Å². The first-order valence-electron chi connectivity index (χ1n) is 4.57. The maximum absolute atomic E-state index is 12.7. The van der Waals surface area contributed by atoms with Crippen LogP contribution in [0.5, 0.6) is 0 Å². The van der Waals surface area contributed by atoms with E-state index in [2.05, 4.69) is 0 Å². The zero-order valence-electron chi connectivity index (χ0n) is 8.22. The molecule has 2 unspecified atom stereocenters. The standard InChI is InChI=1S/C10H6Cl2F3OS/c11-7-4-5(8-1-2-17(8)16)3-6(9(7)12)10(13,14)15/h1,3-4,8H,2H2. The lowest BCUT2D eigenvalue weighted by atomic mass is 10.1. The van der Waals surface area contributed by atoms with E-state index in [4.69, 9.17) is 23.2 Å². The average molecular weight is 302 g/mol. The summed E-state index contributed by atoms with van der Waals surface area (Å²) in [5.41, 5.74) is -0.699. The van der Waals surface area contributed by atoms with Crippen LogP contribution in [0.15, 0.2) is 12.1 Å². The summed E-state index contributed by atoms with van der Waals surface area (Å²) in [5, 5.41) is -1.17. The van der Waals surface area contributed by atoms with Crippen LogP contribution in [0.3, 0.4) is 0 Å². The van der Waals surface area contributed by atoms with Crippen LogP contribution in [0.4, 0.5) is 13.2 Å². The second kappa shape index (κ2) is 4.53. The number of hydrogen-bond acceptors (Lipinski definition) is 1. The van der Waals surface area contributed by atoms with Crippen LogP contribution >= 0.6 is 23.2 Å². The zero-order chi connectivity index (χ0) is 12.8. The van der Waals surface area contributed by atoms with Crippen LogP contribution in [0.2, 0.25) is 10.0 Å². The first-order chi connectivity index (χ1) is 7.80. The fourth-order valence-corrected chi connectivity index (χ4v) is 2.97. The fourth-order valence-electron chi connectivity index (χ4n) is 1.54. The molecule has 1 fully saturated rings. The quantitative estimate of drug-likeness (QED) is 0.719. The van der Waals surface area contributed by atoms with Crippen LogP contribution in [0, 0.1) is 6.42 Å². The lowest BCUT2D eigenvalue weighted by Crippen LogP contribution is -2.30. The molecule has 0 saturated carbocycles. The van der Waals surface area contributed by atoms with Gasteiger partial charge in [-0.05, 0) is 23.3 Å². The van der Waals surface area contributed by atoms with Crippen molar-refractivity contribution in [3.05, 3.63) is 39.7 Å². The van der Waals surface area contributed by atoms with Gasteiger partial charge in [-0.3, -0.25) is 0 Å². The van der Waals surface area contributed by atoms with E-state index in [1.807, 2.05) is 0 Å². The molecule has 1 radical (unpaired) electrons. The highest BCUT2D eigenvalue weighted by atomic mass is 35.5. The van der Waals surface area contributed by atoms with Gasteiger partial charge in [-0.2, -0.15) is 13.2 Å². The minimum absolute atomic E-state index is 0.172. The molecule has 0 spiro atoms. The zero-order valence-corrected chi connectivity index (χ0v) is 10.6. The Balaban J connectivity index is 2.46. The molecule has 1 nitrogen and oxygen atoms in total. The van der Waals surface area contributed by atoms with Gasteiger partial charge in [-0.25, -0.2) is 0 Å². The van der Waals surface area contributed by atoms with Crippen molar-refractivity contribution in [1.29, 1.82) is 0 Å². The van der Waals surface area contributed by atoms with E-state index in [1.54, 1.807) is 6.42 Å². The van der Waals surface area contributed by atoms with Gasteiger partial charge in [0.1, 0.15) is 11.0 Å². The fraction of sp³-hybridized carbons (Fsp3) is 0.300. The highest BCUT2D eigenvalue weighted by molar-refractivity contribution is 7.93. The molecule has 0 aliphatic carbocycles. The monoisotopic (exact) mass is 301 g/mol. The van der Waals surface area contributed by atoms with Crippen LogP contribution in [0.25, 0.3) is 0 Å². The van der Waals surface area contributed by atoms with E-state index in [0.29, 0.717) is 5.75 Å². The average Bonchev–Trinajstić information content (AvgIpc) is 2.19. The van der Waals surface area contributed by atoms with E-state index in [-0.39, 0.29) is 10.6 Å². The number of alkyl halides is 3. The molecular formula is C10H6Cl2F3OS. The minimum atomic E-state index is -4.57. The van der Waals surface area contributed by atoms with Crippen LogP contribution in [0.1, 0.15) is 16.4 Å². The molecule has 1 aliphatic rings. The maximum atomic E-state index is 12.7. The van der Waals surface area contributed by atoms with Crippen LogP contribution in [-0.4, -0.2) is 10.3 Å². The highest BCUT2D eigenvalue weighted by Gasteiger charge is 2.39. The third kappa shape index (κ3) is 2.52. The topological polar surface area (TPSA) is 23.1 Å². The Bertz CT molecular complexity index is 450. The van der Waals surface area contributed by atoms with Crippen molar-refractivity contribution < 1.29 is 17.7 Å². The molecule has 1 aliphatic heterocycles. The van der Waals surface area contributed by atoms with Crippen molar-refractivity contribution in [2.24, 2.45) is 0 Å². The number of halogens is 5. The molecule has 2 rings (SSSR count). The van der Waals surface area contributed by atoms with Crippen molar-refractivity contribution in [2.45, 2.75) is 11.4 Å². The molecule has 1 heterocycles. The van der Waals surface area contributed by atoms with Gasteiger partial charge in [0.15, 0.2) is 0 Å². The minimum Gasteiger partial charge on any atom is -0.616 e. The summed E-state index contributed by atoms with van der Waals surface area (Å²) in [6, 6.07) is 2.24. The van der Waals surface area contributed by atoms with Gasteiger partial charge in [-0.15, -0.1) is 0 Å². The van der Waals surface area contributed by atoms with E-state index in [9.17, 15) is 17.7 Å². The Morgan fingerprint density at radius 2 is 1.94 bits per heavy atom. The summed E-state index contributed by atoms with van der Waals surface area (Å²) in [6.45, 7) is 0. The van der Waals surface area contributed by atoms with Gasteiger partial charge in [0.2, 0.25) is 0 Å². The SMILES string of the molecule is [O-][S+]1C[CH]C1c1cc(Cl)c(Cl)c(C(F)(F)F)c1. The third-order valence-corrected chi connectivity index (χ3v) is 4.80. The van der Waals surface area contributed by atoms with Gasteiger partial charge in [-0.1, -0.05) is 23.2 Å². The van der Waals surface area contributed by atoms with Crippen LogP contribution in [-0.2, 0) is 17.4 Å². The Morgan fingerprint density at radius 1 is 1.29 bits per heavy atom. The van der Waals surface area contributed by atoms with Crippen molar-refractivity contribution in [1.82, 2.24) is 0 Å². The summed E-state index contributed by atoms with van der Waals surface area (Å²) in [5.74, 6) is 0.395. The number of benzene rings is 1. The first-order valence-corrected chi connectivity index (χ1v) is 6.71. The summed E-state index contributed by atoms with van der Waals surface area (Å²) in [7, 11) is 0. The van der Waals surface area contributed by atoms with Crippen molar-refractivity contribution in [3.8, 4) is 0 Å². The molecular weight excluding hydrogens is 296 g/mol. The van der Waals surface area contributed by atoms with E-state index in [1.165, 1.54) is 6.07 Å². The number of hydrogen-bond donors (Lipinski definition) is 0. The van der Waals surface area contributed by atoms with Crippen molar-refractivity contribution >= 4 is 34.4 Å². The molecule has 7 heteroatoms. The number of rotatable bonds is 1. The molecule has 1 aromatic carbocycles. The summed E-state index contributed by atoms with van der Waals surface area (Å²) < 4.78 is 49.3. The molecule has 1 aromatic rings. The molecule has 1 saturated heterocycles. The van der Waals surface area contributed by atoms with Gasteiger partial charge in [0, 0.05) is 5.56 Å². The van der Waals surface area contributed by atoms with E-state index >= 15 is 0 Å². The summed E-state index contributed by atoms with van der Waals surface area (Å²) in [6.07, 6.45) is -2.88. The Labute approximate surface area is 109 Å². The molecule has 0 amide bonds. The molecule has 0 N–H and O–H groups in total. The predicted octanol–water partition coefficient (Wildman–Crippen LogP) is 4.02. The largest absolute Gasteiger partial charge is 0.616 e. The second-order valence-electron chi connectivity index (χ2n) is 3.57. The Hall–Kier alpha value is -0.100. The second-order valence-corrected chi connectivity index (χ2v) is 5.95. The third-order valence-electron chi connectivity index (χ3n) is 2.44. The molecule has 93 valence electrons. The molecule has 0 aromatic heterocycles. The maximum Gasteiger partial charge on any atom is 0.417 e. The van der Waals surface area contributed by atoms with Gasteiger partial charge in [0.05, 0.1) is 22.0 Å². The lowest BCUT2D eigenvalue weighted by Gasteiger charge is -2.30. The van der Waals surface area contributed by atoms with Gasteiger partial charge in [0.25, 0.3) is 0 Å². The summed E-state index contributed by atoms with van der Waals surface area (Å²) >= 11 is 10.0. The predicted molar refractivity (Wildman–Crippen MR) is 61.5 cm³/mol. The molecule has 0 bridgehead atoms. The van der Waals surface area contributed by atoms with E-state index < -0.39 is 33.2 Å². The lowest BCUT2D eigenvalue weighted by molar-refractivity contribution is -0.137. The smallest absolute Gasteiger partial charge is 0.417 e.